The van der Waals surface area contributed by atoms with Crippen molar-refractivity contribution < 1.29 is 37.3 Å². The molecule has 1 N–H and O–H groups in total. The standard InChI is InChI=1S/C69H125N2O7P/c1-7-10-13-16-19-22-25-27-29-31-33-35-37-39-41-43-46-49-52-55-58-61-68(72)70-66(65-77-79(74,75)76-64-63-71(4,5)6)67(60-57-54-51-48-45-24-21-18-15-12-9-3)78-69(73)62-59-56-53-50-47-44-42-40-38-36-34-32-30-28-26-23-20-17-14-11-8-2/h19-20,22-23,27-30,33-36,57,60,66-67H,7-18,21,24-26,31-32,37-56,58-59,61-65H2,1-6H3,(H-,70,72,74,75)/b22-19-,23-20-,29-27-,30-28-,35-33-,36-34-,60-57+. The smallest absolute Gasteiger partial charge is 0.306 e. The van der Waals surface area contributed by atoms with Gasteiger partial charge in [-0.1, -0.05) is 254 Å². The normalized spacial score (nSPS) is 14.2. The molecule has 1 amide bonds. The second kappa shape index (κ2) is 58.4. The molecule has 0 heterocycles. The highest BCUT2D eigenvalue weighted by Crippen LogP contribution is 2.38. The van der Waals surface area contributed by atoms with Gasteiger partial charge < -0.3 is 28.5 Å². The number of allylic oxidation sites excluding steroid dienone is 13. The van der Waals surface area contributed by atoms with Gasteiger partial charge in [-0.15, -0.1) is 0 Å². The number of phosphoric acid groups is 1. The Kier molecular flexibility index (Phi) is 56.3. The summed E-state index contributed by atoms with van der Waals surface area (Å²) in [6.45, 7) is 6.78. The van der Waals surface area contributed by atoms with Crippen LogP contribution in [0.2, 0.25) is 0 Å². The van der Waals surface area contributed by atoms with E-state index in [9.17, 15) is 19.0 Å². The van der Waals surface area contributed by atoms with Gasteiger partial charge in [0.2, 0.25) is 5.91 Å². The number of nitrogens with one attached hydrogen (secondary N) is 1. The predicted octanol–water partition coefficient (Wildman–Crippen LogP) is 19.9. The molecular weight excluding hydrogens is 1000 g/mol. The van der Waals surface area contributed by atoms with Crippen molar-refractivity contribution in [2.75, 3.05) is 40.9 Å². The number of hydrogen-bond donors (Lipinski definition) is 1. The van der Waals surface area contributed by atoms with E-state index in [2.05, 4.69) is 99.0 Å². The van der Waals surface area contributed by atoms with Crippen molar-refractivity contribution in [1.82, 2.24) is 5.32 Å². The molecule has 0 spiro atoms. The Balaban J connectivity index is 5.18. The van der Waals surface area contributed by atoms with Crippen LogP contribution in [0.4, 0.5) is 0 Å². The number of nitrogens with zero attached hydrogens (tertiary/aromatic N) is 1. The number of carbonyl (C=O) groups excluding carboxylic acids is 2. The molecule has 0 aliphatic rings. The molecule has 0 aliphatic carbocycles. The molecule has 0 aromatic heterocycles. The van der Waals surface area contributed by atoms with Gasteiger partial charge in [0.1, 0.15) is 19.3 Å². The number of esters is 1. The van der Waals surface area contributed by atoms with Crippen LogP contribution in [0.3, 0.4) is 0 Å². The van der Waals surface area contributed by atoms with Crippen LogP contribution in [-0.4, -0.2) is 69.4 Å². The third-order valence-electron chi connectivity index (χ3n) is 14.3. The van der Waals surface area contributed by atoms with Crippen LogP contribution < -0.4 is 10.2 Å². The summed E-state index contributed by atoms with van der Waals surface area (Å²) in [5.41, 5.74) is 0. The summed E-state index contributed by atoms with van der Waals surface area (Å²) >= 11 is 0. The van der Waals surface area contributed by atoms with Gasteiger partial charge in [0.15, 0.2) is 0 Å². The monoisotopic (exact) mass is 1120 g/mol. The van der Waals surface area contributed by atoms with Crippen molar-refractivity contribution >= 4 is 19.7 Å². The van der Waals surface area contributed by atoms with E-state index in [-0.39, 0.29) is 24.9 Å². The van der Waals surface area contributed by atoms with E-state index in [0.29, 0.717) is 17.4 Å². The number of unbranched alkanes of at least 4 members (excludes halogenated alkanes) is 31. The number of quaternary nitrogens is 1. The van der Waals surface area contributed by atoms with E-state index in [4.69, 9.17) is 13.8 Å². The zero-order valence-electron chi connectivity index (χ0n) is 52.3. The van der Waals surface area contributed by atoms with Crippen LogP contribution in [0.25, 0.3) is 0 Å². The fraction of sp³-hybridized carbons (Fsp3) is 0.768. The number of likely N-dealkylation sites (N-methyl/N-ethyl adjacent to an activating group) is 1. The third-order valence-corrected chi connectivity index (χ3v) is 15.3. The van der Waals surface area contributed by atoms with Crippen molar-refractivity contribution in [3.05, 3.63) is 85.1 Å². The molecule has 0 saturated carbocycles. The van der Waals surface area contributed by atoms with Crippen molar-refractivity contribution in [3.8, 4) is 0 Å². The molecule has 3 unspecified atom stereocenters. The minimum atomic E-state index is -4.71. The first kappa shape index (κ1) is 76.2. The number of rotatable bonds is 59. The molecule has 0 fully saturated rings. The summed E-state index contributed by atoms with van der Waals surface area (Å²) in [4.78, 5) is 40.1. The Morgan fingerprint density at radius 3 is 1.18 bits per heavy atom. The van der Waals surface area contributed by atoms with Gasteiger partial charge in [0.05, 0.1) is 33.8 Å². The van der Waals surface area contributed by atoms with Gasteiger partial charge in [0.25, 0.3) is 7.82 Å². The molecule has 0 bridgehead atoms. The zero-order valence-corrected chi connectivity index (χ0v) is 53.2. The maximum Gasteiger partial charge on any atom is 0.306 e. The minimum Gasteiger partial charge on any atom is -0.756 e. The highest BCUT2D eigenvalue weighted by atomic mass is 31.2. The Hall–Kier alpha value is -2.81. The fourth-order valence-electron chi connectivity index (χ4n) is 9.18. The second-order valence-electron chi connectivity index (χ2n) is 23.3. The van der Waals surface area contributed by atoms with E-state index in [1.165, 1.54) is 148 Å². The van der Waals surface area contributed by atoms with Gasteiger partial charge in [-0.25, -0.2) is 0 Å². The van der Waals surface area contributed by atoms with Crippen LogP contribution in [0.15, 0.2) is 85.1 Å². The lowest BCUT2D eigenvalue weighted by atomic mass is 10.0. The maximum absolute atomic E-state index is 13.6. The average Bonchev–Trinajstić information content (AvgIpc) is 3.41. The van der Waals surface area contributed by atoms with Gasteiger partial charge in [-0.2, -0.15) is 0 Å². The highest BCUT2D eigenvalue weighted by Gasteiger charge is 2.27. The maximum atomic E-state index is 13.6. The lowest BCUT2D eigenvalue weighted by Crippen LogP contribution is -2.47. The third kappa shape index (κ3) is 59.6. The summed E-state index contributed by atoms with van der Waals surface area (Å²) < 4.78 is 30.3. The lowest BCUT2D eigenvalue weighted by Gasteiger charge is -2.30. The Morgan fingerprint density at radius 2 is 0.772 bits per heavy atom. The molecule has 0 aromatic rings. The molecule has 10 heteroatoms. The molecule has 9 nitrogen and oxygen atoms in total. The van der Waals surface area contributed by atoms with Crippen LogP contribution >= 0.6 is 7.82 Å². The van der Waals surface area contributed by atoms with Crippen LogP contribution in [-0.2, 0) is 27.9 Å². The van der Waals surface area contributed by atoms with Crippen LogP contribution in [0, 0.1) is 0 Å². The summed E-state index contributed by atoms with van der Waals surface area (Å²) in [5.74, 6) is -0.556. The van der Waals surface area contributed by atoms with Gasteiger partial charge in [0, 0.05) is 12.8 Å². The van der Waals surface area contributed by atoms with Crippen LogP contribution in [0.1, 0.15) is 290 Å². The fourth-order valence-corrected chi connectivity index (χ4v) is 9.91. The molecule has 0 aliphatic heterocycles. The summed E-state index contributed by atoms with van der Waals surface area (Å²) in [5, 5.41) is 3.03. The first-order valence-corrected chi connectivity index (χ1v) is 34.4. The number of carbonyl (C=O) groups is 2. The van der Waals surface area contributed by atoms with Crippen molar-refractivity contribution in [1.29, 1.82) is 0 Å². The second-order valence-corrected chi connectivity index (χ2v) is 24.7. The first-order valence-electron chi connectivity index (χ1n) is 32.9. The summed E-state index contributed by atoms with van der Waals surface area (Å²) in [6, 6.07) is -0.900. The molecule has 79 heavy (non-hydrogen) atoms. The number of phosphoric ester groups is 1. The molecule has 3 atom stereocenters. The van der Waals surface area contributed by atoms with Gasteiger partial charge in [-0.3, -0.25) is 14.2 Å². The summed E-state index contributed by atoms with van der Waals surface area (Å²) in [7, 11) is 1.17. The lowest BCUT2D eigenvalue weighted by molar-refractivity contribution is -0.870. The molecule has 0 aromatic carbocycles. The quantitative estimate of drug-likeness (QED) is 0.0212. The number of amides is 1. The molecule has 0 saturated heterocycles. The van der Waals surface area contributed by atoms with Gasteiger partial charge in [-0.05, 0) is 109 Å². The average molecular weight is 1130 g/mol. The molecule has 0 radical (unpaired) electrons. The van der Waals surface area contributed by atoms with E-state index in [1.54, 1.807) is 0 Å². The van der Waals surface area contributed by atoms with Crippen molar-refractivity contribution in [2.24, 2.45) is 0 Å². The molecular formula is C69H125N2O7P. The number of hydrogen-bond acceptors (Lipinski definition) is 7. The Labute approximate surface area is 488 Å². The first-order chi connectivity index (χ1) is 38.4. The van der Waals surface area contributed by atoms with Crippen molar-refractivity contribution in [3.63, 3.8) is 0 Å². The van der Waals surface area contributed by atoms with Crippen molar-refractivity contribution in [2.45, 2.75) is 303 Å². The highest BCUT2D eigenvalue weighted by molar-refractivity contribution is 7.45. The Bertz CT molecular complexity index is 1630. The van der Waals surface area contributed by atoms with Crippen LogP contribution in [0.5, 0.6) is 0 Å². The van der Waals surface area contributed by atoms with Gasteiger partial charge >= 0.3 is 5.97 Å². The molecule has 0 rings (SSSR count). The number of ether oxygens (including phenoxy) is 1. The minimum absolute atomic E-state index is 0.0283. The SMILES string of the molecule is CCCCC/C=C\C/C=C\C/C=C\CCCCCCCCCCC(=O)NC(COP(=O)([O-])OCC[N+](C)(C)C)C(/C=C/CCCCCCCCCCC)OC(=O)CCCCCCCCCC/C=C\C/C=C\C/C=C\CCCCC. The Morgan fingerprint density at radius 1 is 0.443 bits per heavy atom. The van der Waals surface area contributed by atoms with E-state index >= 15 is 0 Å². The predicted molar refractivity (Wildman–Crippen MR) is 339 cm³/mol. The summed E-state index contributed by atoms with van der Waals surface area (Å²) in [6.07, 6.45) is 76.9. The largest absolute Gasteiger partial charge is 0.756 e. The van der Waals surface area contributed by atoms with E-state index in [1.807, 2.05) is 33.3 Å². The molecule has 458 valence electrons. The van der Waals surface area contributed by atoms with E-state index in [0.717, 1.165) is 109 Å². The zero-order chi connectivity index (χ0) is 57.9. The van der Waals surface area contributed by atoms with E-state index < -0.39 is 26.6 Å². The topological polar surface area (TPSA) is 114 Å².